The van der Waals surface area contributed by atoms with E-state index in [9.17, 15) is 9.59 Å². The minimum absolute atomic E-state index is 0. The minimum atomic E-state index is -0.572. The molecule has 0 radical (unpaired) electrons. The van der Waals surface area contributed by atoms with Crippen molar-refractivity contribution in [3.63, 3.8) is 0 Å². The number of anilines is 1. The van der Waals surface area contributed by atoms with Crippen molar-refractivity contribution in [3.05, 3.63) is 35.8 Å². The Balaban J connectivity index is 0.00000182. The molecule has 0 unspecified atom stereocenters. The fourth-order valence-electron chi connectivity index (χ4n) is 2.81. The van der Waals surface area contributed by atoms with Crippen LogP contribution in [0.25, 0.3) is 5.69 Å². The Morgan fingerprint density at radius 2 is 2.07 bits per heavy atom. The average molecular weight is 416 g/mol. The van der Waals surface area contributed by atoms with Crippen LogP contribution in [0.3, 0.4) is 0 Å². The normalized spacial score (nSPS) is 19.1. The van der Waals surface area contributed by atoms with Gasteiger partial charge in [0.25, 0.3) is 0 Å². The molecule has 2 aromatic heterocycles. The second kappa shape index (κ2) is 9.68. The molecule has 0 fully saturated rings. The number of carbonyl (C=O) groups excluding carboxylic acids is 2. The number of hydrogen-bond donors (Lipinski definition) is 2. The van der Waals surface area contributed by atoms with Gasteiger partial charge in [-0.05, 0) is 25.0 Å². The number of halogens is 2. The van der Waals surface area contributed by atoms with Gasteiger partial charge in [0.15, 0.2) is 5.69 Å². The highest BCUT2D eigenvalue weighted by atomic mass is 35.5. The van der Waals surface area contributed by atoms with Gasteiger partial charge in [-0.2, -0.15) is 5.10 Å². The minimum Gasteiger partial charge on any atom is -0.464 e. The summed E-state index contributed by atoms with van der Waals surface area (Å²) in [6.45, 7) is 1.87. The number of pyridine rings is 1. The average Bonchev–Trinajstić information content (AvgIpc) is 3.04. The number of nitrogens with one attached hydrogen (secondary N) is 1. The molecule has 0 aromatic carbocycles. The van der Waals surface area contributed by atoms with Crippen molar-refractivity contribution in [2.75, 3.05) is 12.4 Å². The summed E-state index contributed by atoms with van der Waals surface area (Å²) in [5, 5.41) is 7.12. The first kappa shape index (κ1) is 22.9. The van der Waals surface area contributed by atoms with E-state index in [0.717, 1.165) is 25.0 Å². The SMILES string of the molecule is COC(=O)c1cc2n(n1)-c1ccnc(c1)[C@@H](N)CCC[C@@H](C)C(=O)N2.Cl.Cl. The number of methoxy groups -OCH3 is 1. The Labute approximate surface area is 169 Å². The number of rotatable bonds is 1. The summed E-state index contributed by atoms with van der Waals surface area (Å²) in [6.07, 6.45) is 3.93. The van der Waals surface area contributed by atoms with E-state index in [1.165, 1.54) is 17.9 Å². The van der Waals surface area contributed by atoms with Crippen LogP contribution in [0.2, 0.25) is 0 Å². The fourth-order valence-corrected chi connectivity index (χ4v) is 2.81. The second-order valence-corrected chi connectivity index (χ2v) is 6.18. The van der Waals surface area contributed by atoms with Gasteiger partial charge in [0.2, 0.25) is 5.91 Å². The Morgan fingerprint density at radius 3 is 2.78 bits per heavy atom. The number of hydrogen-bond acceptors (Lipinski definition) is 6. The molecule has 1 aliphatic rings. The standard InChI is InChI=1S/C17H21N5O3.2ClH/c1-10-4-3-5-12(18)13-8-11(6-7-19-13)22-15(20-16(10)23)9-14(21-22)17(24)25-2;;/h6-10,12H,3-5,18H2,1-2H3,(H,20,23);2*1H/t10-,12+;;/m1../s1. The van der Waals surface area contributed by atoms with Crippen LogP contribution in [-0.4, -0.2) is 33.8 Å². The highest BCUT2D eigenvalue weighted by Crippen LogP contribution is 2.24. The molecule has 2 aromatic rings. The first-order valence-corrected chi connectivity index (χ1v) is 8.20. The van der Waals surface area contributed by atoms with Gasteiger partial charge < -0.3 is 15.8 Å². The number of amides is 1. The molecule has 0 saturated carbocycles. The van der Waals surface area contributed by atoms with Gasteiger partial charge in [0.05, 0.1) is 18.5 Å². The maximum atomic E-state index is 12.4. The molecule has 10 heteroatoms. The van der Waals surface area contributed by atoms with Crippen molar-refractivity contribution in [1.82, 2.24) is 14.8 Å². The van der Waals surface area contributed by atoms with Crippen LogP contribution >= 0.6 is 24.8 Å². The zero-order valence-corrected chi connectivity index (χ0v) is 16.7. The first-order chi connectivity index (χ1) is 12.0. The lowest BCUT2D eigenvalue weighted by Crippen LogP contribution is -2.23. The Bertz CT molecular complexity index is 812. The molecule has 2 bridgehead atoms. The van der Waals surface area contributed by atoms with E-state index in [2.05, 4.69) is 15.4 Å². The molecule has 148 valence electrons. The van der Waals surface area contributed by atoms with Crippen molar-refractivity contribution < 1.29 is 14.3 Å². The van der Waals surface area contributed by atoms with E-state index in [-0.39, 0.29) is 48.4 Å². The predicted molar refractivity (Wildman–Crippen MR) is 106 cm³/mol. The molecule has 0 saturated heterocycles. The molecule has 1 aliphatic heterocycles. The summed E-state index contributed by atoms with van der Waals surface area (Å²) in [5.41, 5.74) is 7.76. The lowest BCUT2D eigenvalue weighted by Gasteiger charge is -2.17. The zero-order chi connectivity index (χ0) is 18.0. The maximum absolute atomic E-state index is 12.4. The Hall–Kier alpha value is -2.16. The fraction of sp³-hybridized carbons (Fsp3) is 0.412. The number of fused-ring (bicyclic) bond motifs is 4. The van der Waals surface area contributed by atoms with Gasteiger partial charge in [-0.3, -0.25) is 9.78 Å². The highest BCUT2D eigenvalue weighted by Gasteiger charge is 2.22. The summed E-state index contributed by atoms with van der Waals surface area (Å²) in [4.78, 5) is 28.6. The van der Waals surface area contributed by atoms with Crippen molar-refractivity contribution in [2.24, 2.45) is 11.7 Å². The van der Waals surface area contributed by atoms with Crippen molar-refractivity contribution in [2.45, 2.75) is 32.2 Å². The molecule has 27 heavy (non-hydrogen) atoms. The summed E-state index contributed by atoms with van der Waals surface area (Å²) in [6, 6.07) is 4.85. The topological polar surface area (TPSA) is 112 Å². The molecule has 3 N–H and O–H groups in total. The summed E-state index contributed by atoms with van der Waals surface area (Å²) < 4.78 is 6.22. The van der Waals surface area contributed by atoms with Gasteiger partial charge in [-0.25, -0.2) is 9.48 Å². The molecule has 0 spiro atoms. The van der Waals surface area contributed by atoms with Crippen molar-refractivity contribution in [1.29, 1.82) is 0 Å². The third-order valence-corrected chi connectivity index (χ3v) is 4.34. The lowest BCUT2D eigenvalue weighted by molar-refractivity contribution is -0.119. The predicted octanol–water partition coefficient (Wildman–Crippen LogP) is 2.66. The van der Waals surface area contributed by atoms with Crippen LogP contribution in [0.4, 0.5) is 5.82 Å². The van der Waals surface area contributed by atoms with E-state index >= 15 is 0 Å². The molecule has 2 atom stereocenters. The van der Waals surface area contributed by atoms with Gasteiger partial charge in [-0.15, -0.1) is 24.8 Å². The molecular weight excluding hydrogens is 393 g/mol. The van der Waals surface area contributed by atoms with Crippen LogP contribution in [0.1, 0.15) is 48.4 Å². The third-order valence-electron chi connectivity index (χ3n) is 4.34. The van der Waals surface area contributed by atoms with Gasteiger partial charge in [0.1, 0.15) is 5.82 Å². The van der Waals surface area contributed by atoms with Crippen LogP contribution in [-0.2, 0) is 9.53 Å². The van der Waals surface area contributed by atoms with Crippen LogP contribution in [0.15, 0.2) is 24.4 Å². The van der Waals surface area contributed by atoms with Crippen LogP contribution < -0.4 is 11.1 Å². The summed E-state index contributed by atoms with van der Waals surface area (Å²) in [5.74, 6) is -0.468. The number of carbonyl (C=O) groups is 2. The van der Waals surface area contributed by atoms with E-state index in [4.69, 9.17) is 10.5 Å². The van der Waals surface area contributed by atoms with Crippen molar-refractivity contribution in [3.8, 4) is 5.69 Å². The van der Waals surface area contributed by atoms with Crippen LogP contribution in [0.5, 0.6) is 0 Å². The van der Waals surface area contributed by atoms with E-state index in [0.29, 0.717) is 11.5 Å². The highest BCUT2D eigenvalue weighted by molar-refractivity contribution is 5.94. The monoisotopic (exact) mass is 415 g/mol. The summed E-state index contributed by atoms with van der Waals surface area (Å²) >= 11 is 0. The number of aromatic nitrogens is 3. The largest absolute Gasteiger partial charge is 0.464 e. The number of ether oxygens (including phenoxy) is 1. The number of nitrogens with two attached hydrogens (primary N) is 1. The van der Waals surface area contributed by atoms with Gasteiger partial charge in [0, 0.05) is 24.2 Å². The number of nitrogens with zero attached hydrogens (tertiary/aromatic N) is 3. The quantitative estimate of drug-likeness (QED) is 0.692. The van der Waals surface area contributed by atoms with E-state index in [1.54, 1.807) is 12.3 Å². The molecule has 8 nitrogen and oxygen atoms in total. The van der Waals surface area contributed by atoms with Crippen LogP contribution in [0, 0.1) is 5.92 Å². The van der Waals surface area contributed by atoms with Gasteiger partial charge in [-0.1, -0.05) is 13.3 Å². The Kier molecular flexibility index (Phi) is 8.20. The third kappa shape index (κ3) is 4.97. The molecule has 0 aliphatic carbocycles. The number of esters is 1. The second-order valence-electron chi connectivity index (χ2n) is 6.18. The maximum Gasteiger partial charge on any atom is 0.358 e. The van der Waals surface area contributed by atoms with E-state index < -0.39 is 5.97 Å². The molecule has 3 heterocycles. The Morgan fingerprint density at radius 1 is 1.33 bits per heavy atom. The molecule has 1 amide bonds. The summed E-state index contributed by atoms with van der Waals surface area (Å²) in [7, 11) is 1.29. The van der Waals surface area contributed by atoms with Crippen molar-refractivity contribution >= 4 is 42.5 Å². The van der Waals surface area contributed by atoms with Gasteiger partial charge >= 0.3 is 5.97 Å². The first-order valence-electron chi connectivity index (χ1n) is 8.20. The zero-order valence-electron chi connectivity index (χ0n) is 15.0. The molecule has 3 rings (SSSR count). The smallest absolute Gasteiger partial charge is 0.358 e. The molecular formula is C17H23Cl2N5O3. The van der Waals surface area contributed by atoms with E-state index in [1.807, 2.05) is 13.0 Å². The lowest BCUT2D eigenvalue weighted by atomic mass is 9.99.